The van der Waals surface area contributed by atoms with Crippen LogP contribution in [0.3, 0.4) is 0 Å². The van der Waals surface area contributed by atoms with Gasteiger partial charge in [0.15, 0.2) is 5.65 Å². The summed E-state index contributed by atoms with van der Waals surface area (Å²) in [5.74, 6) is 0.0125. The van der Waals surface area contributed by atoms with Crippen LogP contribution in [0.4, 0.5) is 0 Å². The SMILES string of the molecule is CCOC(=O)c1cnc2c(c(C)nn2Cc2ncco2)c1Cl. The summed E-state index contributed by atoms with van der Waals surface area (Å²) >= 11 is 6.34. The lowest BCUT2D eigenvalue weighted by atomic mass is 10.2. The van der Waals surface area contributed by atoms with Gasteiger partial charge in [-0.2, -0.15) is 5.10 Å². The number of rotatable bonds is 4. The van der Waals surface area contributed by atoms with Gasteiger partial charge < -0.3 is 9.15 Å². The van der Waals surface area contributed by atoms with Crippen LogP contribution in [-0.4, -0.2) is 32.3 Å². The van der Waals surface area contributed by atoms with Crippen LogP contribution in [0.5, 0.6) is 0 Å². The van der Waals surface area contributed by atoms with Gasteiger partial charge in [0.2, 0.25) is 5.89 Å². The maximum absolute atomic E-state index is 11.9. The number of fused-ring (bicyclic) bond motifs is 1. The van der Waals surface area contributed by atoms with Crippen molar-refractivity contribution in [3.8, 4) is 0 Å². The van der Waals surface area contributed by atoms with Crippen LogP contribution in [0.25, 0.3) is 11.0 Å². The second-order valence-corrected chi connectivity index (χ2v) is 4.95. The number of nitrogens with zero attached hydrogens (tertiary/aromatic N) is 4. The summed E-state index contributed by atoms with van der Waals surface area (Å²) in [5.41, 5.74) is 1.47. The molecule has 0 saturated heterocycles. The van der Waals surface area contributed by atoms with Gasteiger partial charge in [-0.25, -0.2) is 19.4 Å². The molecule has 0 spiro atoms. The summed E-state index contributed by atoms with van der Waals surface area (Å²) in [4.78, 5) is 20.2. The summed E-state index contributed by atoms with van der Waals surface area (Å²) in [6, 6.07) is 0. The Bertz CT molecular complexity index is 826. The fourth-order valence-electron chi connectivity index (χ4n) is 2.20. The zero-order valence-corrected chi connectivity index (χ0v) is 12.8. The molecule has 0 aliphatic heterocycles. The van der Waals surface area contributed by atoms with Crippen molar-refractivity contribution in [2.24, 2.45) is 0 Å². The molecule has 3 aromatic rings. The molecule has 0 unspecified atom stereocenters. The lowest BCUT2D eigenvalue weighted by Crippen LogP contribution is -2.07. The quantitative estimate of drug-likeness (QED) is 0.687. The number of esters is 1. The molecule has 0 amide bonds. The second kappa shape index (κ2) is 5.76. The van der Waals surface area contributed by atoms with Crippen LogP contribution >= 0.6 is 11.6 Å². The Hall–Kier alpha value is -2.41. The number of hydrogen-bond acceptors (Lipinski definition) is 6. The molecule has 22 heavy (non-hydrogen) atoms. The van der Waals surface area contributed by atoms with E-state index in [2.05, 4.69) is 15.1 Å². The van der Waals surface area contributed by atoms with Gasteiger partial charge in [-0.3, -0.25) is 0 Å². The molecule has 3 rings (SSSR count). The number of aryl methyl sites for hydroxylation is 1. The minimum absolute atomic E-state index is 0.231. The predicted molar refractivity (Wildman–Crippen MR) is 78.8 cm³/mol. The van der Waals surface area contributed by atoms with Crippen LogP contribution in [0.2, 0.25) is 5.02 Å². The highest BCUT2D eigenvalue weighted by Crippen LogP contribution is 2.29. The van der Waals surface area contributed by atoms with E-state index in [1.54, 1.807) is 24.7 Å². The van der Waals surface area contributed by atoms with E-state index in [1.165, 1.54) is 12.5 Å². The molecule has 0 fully saturated rings. The number of pyridine rings is 1. The van der Waals surface area contributed by atoms with Gasteiger partial charge >= 0.3 is 5.97 Å². The number of halogens is 1. The zero-order valence-electron chi connectivity index (χ0n) is 12.0. The van der Waals surface area contributed by atoms with E-state index in [9.17, 15) is 4.79 Å². The van der Waals surface area contributed by atoms with E-state index in [4.69, 9.17) is 20.8 Å². The van der Waals surface area contributed by atoms with Crippen LogP contribution in [0.15, 0.2) is 23.1 Å². The van der Waals surface area contributed by atoms with Crippen molar-refractivity contribution in [1.29, 1.82) is 0 Å². The molecule has 8 heteroatoms. The lowest BCUT2D eigenvalue weighted by molar-refractivity contribution is 0.0526. The van der Waals surface area contributed by atoms with Crippen molar-refractivity contribution in [3.63, 3.8) is 0 Å². The maximum atomic E-state index is 11.9. The fourth-order valence-corrected chi connectivity index (χ4v) is 2.54. The van der Waals surface area contributed by atoms with Gasteiger partial charge in [-0.05, 0) is 13.8 Å². The van der Waals surface area contributed by atoms with E-state index in [0.29, 0.717) is 34.2 Å². The molecule has 0 radical (unpaired) electrons. The minimum Gasteiger partial charge on any atom is -0.462 e. The highest BCUT2D eigenvalue weighted by Gasteiger charge is 2.20. The molecule has 3 aromatic heterocycles. The van der Waals surface area contributed by atoms with E-state index >= 15 is 0 Å². The highest BCUT2D eigenvalue weighted by atomic mass is 35.5. The first-order valence-electron chi connectivity index (χ1n) is 6.69. The molecule has 3 heterocycles. The molecule has 0 atom stereocenters. The zero-order chi connectivity index (χ0) is 15.7. The summed E-state index contributed by atoms with van der Waals surface area (Å²) in [5, 5.41) is 5.30. The van der Waals surface area contributed by atoms with E-state index in [-0.39, 0.29) is 12.2 Å². The summed E-state index contributed by atoms with van der Waals surface area (Å²) < 4.78 is 11.8. The van der Waals surface area contributed by atoms with Crippen LogP contribution in [-0.2, 0) is 11.3 Å². The highest BCUT2D eigenvalue weighted by molar-refractivity contribution is 6.38. The van der Waals surface area contributed by atoms with Gasteiger partial charge in [0, 0.05) is 6.20 Å². The van der Waals surface area contributed by atoms with E-state index < -0.39 is 5.97 Å². The molecule has 0 bridgehead atoms. The number of oxazole rings is 1. The Morgan fingerprint density at radius 3 is 2.95 bits per heavy atom. The molecule has 0 saturated carbocycles. The first kappa shape index (κ1) is 14.5. The van der Waals surface area contributed by atoms with E-state index in [0.717, 1.165) is 0 Å². The van der Waals surface area contributed by atoms with Gasteiger partial charge in [0.1, 0.15) is 12.8 Å². The monoisotopic (exact) mass is 320 g/mol. The van der Waals surface area contributed by atoms with Gasteiger partial charge in [0.25, 0.3) is 0 Å². The third-order valence-electron chi connectivity index (χ3n) is 3.14. The molecule has 0 aliphatic carbocycles. The lowest BCUT2D eigenvalue weighted by Gasteiger charge is -2.05. The van der Waals surface area contributed by atoms with Crippen molar-refractivity contribution >= 4 is 28.6 Å². The van der Waals surface area contributed by atoms with Crippen LogP contribution in [0.1, 0.15) is 28.9 Å². The first-order chi connectivity index (χ1) is 10.6. The average Bonchev–Trinajstić information content (AvgIpc) is 3.09. The van der Waals surface area contributed by atoms with Crippen molar-refractivity contribution in [2.75, 3.05) is 6.61 Å². The molecule has 0 N–H and O–H groups in total. The summed E-state index contributed by atoms with van der Waals surface area (Å²) in [6.45, 7) is 4.14. The molecule has 7 nitrogen and oxygen atoms in total. The second-order valence-electron chi connectivity index (χ2n) is 4.57. The Morgan fingerprint density at radius 1 is 1.45 bits per heavy atom. The van der Waals surface area contributed by atoms with Gasteiger partial charge in [0.05, 0.1) is 34.5 Å². The number of hydrogen-bond donors (Lipinski definition) is 0. The smallest absolute Gasteiger partial charge is 0.341 e. The Kier molecular flexibility index (Phi) is 3.81. The number of carbonyl (C=O) groups excluding carboxylic acids is 1. The largest absolute Gasteiger partial charge is 0.462 e. The summed E-state index contributed by atoms with van der Waals surface area (Å²) in [6.07, 6.45) is 4.45. The number of ether oxygens (including phenoxy) is 1. The van der Waals surface area contributed by atoms with Crippen molar-refractivity contribution in [3.05, 3.63) is 40.8 Å². The Labute approximate surface area is 130 Å². The van der Waals surface area contributed by atoms with Crippen molar-refractivity contribution < 1.29 is 13.9 Å². The molecule has 114 valence electrons. The molecule has 0 aromatic carbocycles. The Morgan fingerprint density at radius 2 is 2.27 bits per heavy atom. The average molecular weight is 321 g/mol. The summed E-state index contributed by atoms with van der Waals surface area (Å²) in [7, 11) is 0. The minimum atomic E-state index is -0.498. The normalized spacial score (nSPS) is 11.0. The van der Waals surface area contributed by atoms with E-state index in [1.807, 2.05) is 0 Å². The molecular weight excluding hydrogens is 308 g/mol. The number of aromatic nitrogens is 4. The molecular formula is C14H13ClN4O3. The van der Waals surface area contributed by atoms with Crippen molar-refractivity contribution in [2.45, 2.75) is 20.4 Å². The van der Waals surface area contributed by atoms with Gasteiger partial charge in [-0.15, -0.1) is 0 Å². The fraction of sp³-hybridized carbons (Fsp3) is 0.286. The van der Waals surface area contributed by atoms with Crippen molar-refractivity contribution in [1.82, 2.24) is 19.7 Å². The predicted octanol–water partition coefficient (Wildman–Crippen LogP) is 2.61. The third kappa shape index (κ3) is 2.43. The Balaban J connectivity index is 2.08. The standard InChI is InChI=1S/C14H13ClN4O3/c1-3-21-14(20)9-6-17-13-11(12(9)15)8(2)18-19(13)7-10-16-4-5-22-10/h4-6H,3,7H2,1-2H3. The number of carbonyl (C=O) groups is 1. The maximum Gasteiger partial charge on any atom is 0.341 e. The van der Waals surface area contributed by atoms with Crippen LogP contribution in [0, 0.1) is 6.92 Å². The topological polar surface area (TPSA) is 83.0 Å². The first-order valence-corrected chi connectivity index (χ1v) is 7.06. The van der Waals surface area contributed by atoms with Crippen LogP contribution < -0.4 is 0 Å². The van der Waals surface area contributed by atoms with Gasteiger partial charge in [-0.1, -0.05) is 11.6 Å². The third-order valence-corrected chi connectivity index (χ3v) is 3.53. The molecule has 0 aliphatic rings.